The molecule has 1 saturated heterocycles. The molecule has 4 heteroatoms. The molecular formula is C16H17FN2O. The minimum Gasteiger partial charge on any atom is -0.480 e. The van der Waals surface area contributed by atoms with Crippen LogP contribution >= 0.6 is 0 Å². The SMILES string of the molecule is Fc1cccc2c1Cn1cccc1C1(CCNCC1)O2. The largest absolute Gasteiger partial charge is 0.480 e. The fourth-order valence-corrected chi connectivity index (χ4v) is 3.38. The van der Waals surface area contributed by atoms with Crippen molar-refractivity contribution in [2.75, 3.05) is 13.1 Å². The summed E-state index contributed by atoms with van der Waals surface area (Å²) in [5.41, 5.74) is 1.49. The van der Waals surface area contributed by atoms with Crippen LogP contribution in [0.4, 0.5) is 4.39 Å². The highest BCUT2D eigenvalue weighted by Crippen LogP contribution is 2.41. The minimum absolute atomic E-state index is 0.187. The third kappa shape index (κ3) is 1.68. The first kappa shape index (κ1) is 12.0. The fourth-order valence-electron chi connectivity index (χ4n) is 3.38. The van der Waals surface area contributed by atoms with E-state index < -0.39 is 0 Å². The van der Waals surface area contributed by atoms with Gasteiger partial charge in [0.05, 0.1) is 12.2 Å². The van der Waals surface area contributed by atoms with Crippen LogP contribution in [0.1, 0.15) is 24.1 Å². The molecule has 0 aliphatic carbocycles. The van der Waals surface area contributed by atoms with Crippen molar-refractivity contribution < 1.29 is 9.13 Å². The lowest BCUT2D eigenvalue weighted by Crippen LogP contribution is -2.44. The predicted octanol–water partition coefficient (Wildman–Crippen LogP) is 2.65. The number of nitrogens with zero attached hydrogens (tertiary/aromatic N) is 1. The van der Waals surface area contributed by atoms with Gasteiger partial charge in [0.15, 0.2) is 5.60 Å². The van der Waals surface area contributed by atoms with Crippen molar-refractivity contribution in [3.63, 3.8) is 0 Å². The second-order valence-electron chi connectivity index (χ2n) is 5.58. The Morgan fingerprint density at radius 3 is 2.85 bits per heavy atom. The number of piperidine rings is 1. The van der Waals surface area contributed by atoms with Crippen LogP contribution in [-0.4, -0.2) is 17.7 Å². The fraction of sp³-hybridized carbons (Fsp3) is 0.375. The maximum atomic E-state index is 14.1. The number of ether oxygens (including phenoxy) is 1. The van der Waals surface area contributed by atoms with Crippen LogP contribution in [0.5, 0.6) is 5.75 Å². The van der Waals surface area contributed by atoms with Crippen LogP contribution in [0.25, 0.3) is 0 Å². The third-order valence-electron chi connectivity index (χ3n) is 4.42. The molecule has 0 radical (unpaired) electrons. The zero-order valence-corrected chi connectivity index (χ0v) is 11.2. The number of aromatic nitrogens is 1. The maximum absolute atomic E-state index is 14.1. The molecule has 3 heterocycles. The lowest BCUT2D eigenvalue weighted by Gasteiger charge is -2.37. The molecular weight excluding hydrogens is 255 g/mol. The smallest absolute Gasteiger partial charge is 0.151 e. The highest BCUT2D eigenvalue weighted by Gasteiger charge is 2.40. The molecule has 0 saturated carbocycles. The van der Waals surface area contributed by atoms with Crippen molar-refractivity contribution >= 4 is 0 Å². The van der Waals surface area contributed by atoms with E-state index >= 15 is 0 Å². The van der Waals surface area contributed by atoms with Crippen LogP contribution in [-0.2, 0) is 12.1 Å². The standard InChI is InChI=1S/C16H17FN2O/c17-13-3-1-4-14-12(13)11-19-10-2-5-15(19)16(20-14)6-8-18-9-7-16/h1-5,10,18H,6-9,11H2. The van der Waals surface area contributed by atoms with Gasteiger partial charge in [-0.25, -0.2) is 4.39 Å². The Morgan fingerprint density at radius 2 is 2.00 bits per heavy atom. The zero-order valence-electron chi connectivity index (χ0n) is 11.2. The summed E-state index contributed by atoms with van der Waals surface area (Å²) in [4.78, 5) is 0. The first-order valence-electron chi connectivity index (χ1n) is 7.11. The molecule has 2 aliphatic rings. The van der Waals surface area contributed by atoms with Gasteiger partial charge in [-0.05, 0) is 37.4 Å². The van der Waals surface area contributed by atoms with Crippen molar-refractivity contribution in [3.8, 4) is 5.75 Å². The van der Waals surface area contributed by atoms with Gasteiger partial charge in [-0.1, -0.05) is 6.07 Å². The summed E-state index contributed by atoms with van der Waals surface area (Å²) in [5.74, 6) is 0.503. The first-order chi connectivity index (χ1) is 9.78. The number of hydrogen-bond donors (Lipinski definition) is 1. The van der Waals surface area contributed by atoms with E-state index in [1.54, 1.807) is 6.07 Å². The average molecular weight is 272 g/mol. The highest BCUT2D eigenvalue weighted by atomic mass is 19.1. The Kier molecular flexibility index (Phi) is 2.60. The summed E-state index contributed by atoms with van der Waals surface area (Å²) < 4.78 is 22.6. The number of fused-ring (bicyclic) bond motifs is 3. The van der Waals surface area contributed by atoms with E-state index in [1.165, 1.54) is 6.07 Å². The van der Waals surface area contributed by atoms with Crippen molar-refractivity contribution in [1.29, 1.82) is 0 Å². The van der Waals surface area contributed by atoms with Gasteiger partial charge in [-0.15, -0.1) is 0 Å². The molecule has 1 spiro atoms. The van der Waals surface area contributed by atoms with Crippen molar-refractivity contribution in [2.24, 2.45) is 0 Å². The molecule has 0 atom stereocenters. The van der Waals surface area contributed by atoms with Crippen LogP contribution in [0.3, 0.4) is 0 Å². The van der Waals surface area contributed by atoms with Gasteiger partial charge in [0.1, 0.15) is 11.6 Å². The lowest BCUT2D eigenvalue weighted by atomic mass is 9.88. The predicted molar refractivity (Wildman–Crippen MR) is 74.3 cm³/mol. The summed E-state index contributed by atoms with van der Waals surface area (Å²) in [6, 6.07) is 9.24. The third-order valence-corrected chi connectivity index (χ3v) is 4.42. The number of halogens is 1. The molecule has 4 rings (SSSR count). The summed E-state index contributed by atoms with van der Waals surface area (Å²) >= 11 is 0. The molecule has 1 aromatic carbocycles. The van der Waals surface area contributed by atoms with Crippen molar-refractivity contribution in [2.45, 2.75) is 25.0 Å². The maximum Gasteiger partial charge on any atom is 0.151 e. The zero-order chi connectivity index (χ0) is 13.6. The highest BCUT2D eigenvalue weighted by molar-refractivity contribution is 5.39. The van der Waals surface area contributed by atoms with E-state index in [1.807, 2.05) is 18.3 Å². The summed E-state index contributed by atoms with van der Waals surface area (Å²) in [6.45, 7) is 2.39. The molecule has 0 bridgehead atoms. The van der Waals surface area contributed by atoms with Crippen LogP contribution in [0, 0.1) is 5.82 Å². The Labute approximate surface area is 117 Å². The first-order valence-corrected chi connectivity index (χ1v) is 7.11. The van der Waals surface area contributed by atoms with Gasteiger partial charge in [0, 0.05) is 24.6 Å². The number of nitrogens with one attached hydrogen (secondary N) is 1. The minimum atomic E-state index is -0.326. The van der Waals surface area contributed by atoms with Crippen LogP contribution in [0.2, 0.25) is 0 Å². The molecule has 1 aromatic heterocycles. The van der Waals surface area contributed by atoms with Gasteiger partial charge in [0.2, 0.25) is 0 Å². The number of rotatable bonds is 0. The number of benzene rings is 1. The topological polar surface area (TPSA) is 26.2 Å². The van der Waals surface area contributed by atoms with Crippen LogP contribution < -0.4 is 10.1 Å². The molecule has 1 fully saturated rings. The van der Waals surface area contributed by atoms with E-state index in [0.29, 0.717) is 17.9 Å². The van der Waals surface area contributed by atoms with E-state index in [9.17, 15) is 4.39 Å². The Bertz CT molecular complexity index is 644. The molecule has 0 unspecified atom stereocenters. The number of hydrogen-bond acceptors (Lipinski definition) is 2. The quantitative estimate of drug-likeness (QED) is 0.798. The van der Waals surface area contributed by atoms with Crippen LogP contribution in [0.15, 0.2) is 36.5 Å². The summed E-state index contributed by atoms with van der Waals surface area (Å²) in [6.07, 6.45) is 3.84. The molecule has 20 heavy (non-hydrogen) atoms. The molecule has 1 N–H and O–H groups in total. The molecule has 3 nitrogen and oxygen atoms in total. The average Bonchev–Trinajstić information content (AvgIpc) is 2.88. The van der Waals surface area contributed by atoms with Gasteiger partial charge in [-0.3, -0.25) is 0 Å². The molecule has 0 amide bonds. The van der Waals surface area contributed by atoms with Gasteiger partial charge >= 0.3 is 0 Å². The Morgan fingerprint density at radius 1 is 1.15 bits per heavy atom. The Balaban J connectivity index is 1.90. The lowest BCUT2D eigenvalue weighted by molar-refractivity contribution is 0.0291. The molecule has 104 valence electrons. The van der Waals surface area contributed by atoms with E-state index in [4.69, 9.17) is 4.74 Å². The van der Waals surface area contributed by atoms with Gasteiger partial charge in [0.25, 0.3) is 0 Å². The van der Waals surface area contributed by atoms with Crippen molar-refractivity contribution in [3.05, 3.63) is 53.6 Å². The second kappa shape index (κ2) is 4.35. The van der Waals surface area contributed by atoms with Gasteiger partial charge in [-0.2, -0.15) is 0 Å². The van der Waals surface area contributed by atoms with Gasteiger partial charge < -0.3 is 14.6 Å². The molecule has 2 aromatic rings. The normalized spacial score (nSPS) is 19.9. The monoisotopic (exact) mass is 272 g/mol. The Hall–Kier alpha value is -1.81. The van der Waals surface area contributed by atoms with E-state index in [-0.39, 0.29) is 11.4 Å². The summed E-state index contributed by atoms with van der Waals surface area (Å²) in [5, 5.41) is 3.37. The second-order valence-corrected chi connectivity index (χ2v) is 5.58. The van der Waals surface area contributed by atoms with Crippen molar-refractivity contribution in [1.82, 2.24) is 9.88 Å². The summed E-state index contributed by atoms with van der Waals surface area (Å²) in [7, 11) is 0. The van der Waals surface area contributed by atoms with E-state index in [0.717, 1.165) is 31.6 Å². The molecule has 2 aliphatic heterocycles. The van der Waals surface area contributed by atoms with E-state index in [2.05, 4.69) is 16.0 Å².